The monoisotopic (exact) mass is 327 g/mol. The molecule has 0 spiro atoms. The first-order chi connectivity index (χ1) is 11.7. The van der Waals surface area contributed by atoms with Gasteiger partial charge in [-0.25, -0.2) is 4.98 Å². The van der Waals surface area contributed by atoms with E-state index >= 15 is 0 Å². The fourth-order valence-electron chi connectivity index (χ4n) is 3.73. The first kappa shape index (κ1) is 16.8. The largest absolute Gasteiger partial charge is 0.356 e. The summed E-state index contributed by atoms with van der Waals surface area (Å²) in [7, 11) is 1.83. The van der Waals surface area contributed by atoms with Crippen LogP contribution in [0.2, 0.25) is 0 Å². The van der Waals surface area contributed by atoms with Gasteiger partial charge in [-0.15, -0.1) is 0 Å². The highest BCUT2D eigenvalue weighted by Gasteiger charge is 2.31. The second kappa shape index (κ2) is 7.24. The van der Waals surface area contributed by atoms with E-state index < -0.39 is 0 Å². The van der Waals surface area contributed by atoms with Crippen LogP contribution < -0.4 is 10.6 Å². The molecule has 0 unspecified atom stereocenters. The van der Waals surface area contributed by atoms with Crippen molar-refractivity contribution in [1.82, 2.24) is 20.0 Å². The minimum absolute atomic E-state index is 0.456. The second-order valence-electron chi connectivity index (χ2n) is 6.97. The maximum atomic E-state index is 4.66. The smallest absolute Gasteiger partial charge is 0.191 e. The Balaban J connectivity index is 1.58. The number of pyridine rings is 1. The van der Waals surface area contributed by atoms with E-state index in [0.717, 1.165) is 23.8 Å². The lowest BCUT2D eigenvalue weighted by Crippen LogP contribution is -2.42. The van der Waals surface area contributed by atoms with E-state index in [0.29, 0.717) is 12.0 Å². The molecule has 130 valence electrons. The summed E-state index contributed by atoms with van der Waals surface area (Å²) in [5, 5.41) is 6.92. The summed E-state index contributed by atoms with van der Waals surface area (Å²) in [6.45, 7) is 6.09. The van der Waals surface area contributed by atoms with Crippen LogP contribution in [0, 0.1) is 12.3 Å². The topological polar surface area (TPSA) is 53.7 Å². The Morgan fingerprint density at radius 1 is 1.29 bits per heavy atom. The Morgan fingerprint density at radius 2 is 2.08 bits per heavy atom. The second-order valence-corrected chi connectivity index (χ2v) is 6.97. The summed E-state index contributed by atoms with van der Waals surface area (Å²) in [4.78, 5) is 9.03. The molecular formula is C19H29N5. The zero-order chi connectivity index (χ0) is 17.0. The van der Waals surface area contributed by atoms with Crippen molar-refractivity contribution in [2.24, 2.45) is 10.4 Å². The molecule has 2 aromatic rings. The van der Waals surface area contributed by atoms with Gasteiger partial charge < -0.3 is 15.0 Å². The number of aromatic nitrogens is 2. The molecule has 0 atom stereocenters. The molecule has 0 radical (unpaired) electrons. The third kappa shape index (κ3) is 3.55. The van der Waals surface area contributed by atoms with Crippen LogP contribution in [-0.2, 0) is 6.54 Å². The fourth-order valence-corrected chi connectivity index (χ4v) is 3.73. The van der Waals surface area contributed by atoms with Crippen molar-refractivity contribution in [3.05, 3.63) is 35.8 Å². The number of imidazole rings is 1. The number of nitrogens with zero attached hydrogens (tertiary/aromatic N) is 3. The van der Waals surface area contributed by atoms with Crippen LogP contribution in [0.3, 0.4) is 0 Å². The van der Waals surface area contributed by atoms with Crippen molar-refractivity contribution < 1.29 is 0 Å². The quantitative estimate of drug-likeness (QED) is 0.654. The van der Waals surface area contributed by atoms with Crippen molar-refractivity contribution >= 4 is 11.6 Å². The minimum atomic E-state index is 0.456. The minimum Gasteiger partial charge on any atom is -0.356 e. The average molecular weight is 327 g/mol. The molecule has 5 nitrogen and oxygen atoms in total. The maximum Gasteiger partial charge on any atom is 0.191 e. The van der Waals surface area contributed by atoms with Gasteiger partial charge in [-0.05, 0) is 43.7 Å². The molecule has 2 aromatic heterocycles. The molecule has 3 rings (SSSR count). The zero-order valence-electron chi connectivity index (χ0n) is 15.1. The number of nitrogens with one attached hydrogen (secondary N) is 2. The predicted octanol–water partition coefficient (Wildman–Crippen LogP) is 3.28. The van der Waals surface area contributed by atoms with Crippen molar-refractivity contribution in [2.45, 2.75) is 52.5 Å². The number of guanidine groups is 1. The van der Waals surface area contributed by atoms with Gasteiger partial charge in [0.15, 0.2) is 5.96 Å². The molecule has 0 aliphatic heterocycles. The van der Waals surface area contributed by atoms with E-state index in [9.17, 15) is 0 Å². The Bertz CT molecular complexity index is 710. The van der Waals surface area contributed by atoms with Crippen LogP contribution in [0.1, 0.15) is 50.4 Å². The van der Waals surface area contributed by atoms with E-state index in [4.69, 9.17) is 0 Å². The molecule has 2 heterocycles. The molecule has 24 heavy (non-hydrogen) atoms. The molecule has 1 aliphatic carbocycles. The van der Waals surface area contributed by atoms with E-state index in [-0.39, 0.29) is 0 Å². The van der Waals surface area contributed by atoms with Gasteiger partial charge >= 0.3 is 0 Å². The van der Waals surface area contributed by atoms with E-state index in [1.54, 1.807) is 0 Å². The molecular weight excluding hydrogens is 298 g/mol. The van der Waals surface area contributed by atoms with Crippen LogP contribution in [0.25, 0.3) is 5.65 Å². The Hall–Kier alpha value is -2.04. The molecule has 0 bridgehead atoms. The highest BCUT2D eigenvalue weighted by atomic mass is 15.2. The van der Waals surface area contributed by atoms with Gasteiger partial charge in [0.1, 0.15) is 5.65 Å². The van der Waals surface area contributed by atoms with Crippen molar-refractivity contribution in [1.29, 1.82) is 0 Å². The number of aryl methyl sites for hydroxylation is 1. The summed E-state index contributed by atoms with van der Waals surface area (Å²) in [5.74, 6) is 0.864. The van der Waals surface area contributed by atoms with E-state index in [1.807, 2.05) is 19.2 Å². The highest BCUT2D eigenvalue weighted by Crippen LogP contribution is 2.40. The highest BCUT2D eigenvalue weighted by molar-refractivity contribution is 5.79. The van der Waals surface area contributed by atoms with Crippen LogP contribution in [-0.4, -0.2) is 28.9 Å². The van der Waals surface area contributed by atoms with Gasteiger partial charge in [0.2, 0.25) is 0 Å². The molecule has 1 aliphatic rings. The predicted molar refractivity (Wildman–Crippen MR) is 99.3 cm³/mol. The lowest BCUT2D eigenvalue weighted by Gasteiger charge is -2.28. The van der Waals surface area contributed by atoms with Gasteiger partial charge in [-0.1, -0.05) is 25.8 Å². The lowest BCUT2D eigenvalue weighted by molar-refractivity contribution is 0.283. The third-order valence-corrected chi connectivity index (χ3v) is 5.45. The Kier molecular flexibility index (Phi) is 5.07. The maximum absolute atomic E-state index is 4.66. The summed E-state index contributed by atoms with van der Waals surface area (Å²) in [6, 6.07) is 6.17. The van der Waals surface area contributed by atoms with Gasteiger partial charge in [0.05, 0.1) is 12.2 Å². The lowest BCUT2D eigenvalue weighted by atomic mass is 9.83. The fraction of sp³-hybridized carbons (Fsp3) is 0.579. The van der Waals surface area contributed by atoms with Crippen LogP contribution in [0.15, 0.2) is 29.4 Å². The van der Waals surface area contributed by atoms with E-state index in [2.05, 4.69) is 51.1 Å². The standard InChI is InChI=1S/C19H29N5/c1-4-19(10-5-6-11-19)14-22-18(20-3)21-12-16-13-24-15(2)8-7-9-17(24)23-16/h7-9,13H,4-6,10-12,14H2,1-3H3,(H2,20,21,22). The SMILES string of the molecule is CCC1(CNC(=NC)NCc2cn3c(C)cccc3n2)CCCC1. The van der Waals surface area contributed by atoms with Crippen molar-refractivity contribution in [3.63, 3.8) is 0 Å². The first-order valence-electron chi connectivity index (χ1n) is 9.04. The van der Waals surface area contributed by atoms with Gasteiger partial charge in [0, 0.05) is 25.5 Å². The zero-order valence-corrected chi connectivity index (χ0v) is 15.1. The first-order valence-corrected chi connectivity index (χ1v) is 9.04. The number of hydrogen-bond acceptors (Lipinski definition) is 2. The Morgan fingerprint density at radius 3 is 2.75 bits per heavy atom. The number of rotatable bonds is 5. The van der Waals surface area contributed by atoms with E-state index in [1.165, 1.54) is 37.8 Å². The number of hydrogen-bond donors (Lipinski definition) is 2. The number of aliphatic imine (C=N–C) groups is 1. The molecule has 2 N–H and O–H groups in total. The summed E-state index contributed by atoms with van der Waals surface area (Å²) in [6.07, 6.45) is 8.72. The van der Waals surface area contributed by atoms with Gasteiger partial charge in [-0.3, -0.25) is 4.99 Å². The summed E-state index contributed by atoms with van der Waals surface area (Å²) in [5.41, 5.74) is 3.67. The summed E-state index contributed by atoms with van der Waals surface area (Å²) < 4.78 is 2.12. The molecule has 1 fully saturated rings. The molecule has 5 heteroatoms. The van der Waals surface area contributed by atoms with Crippen LogP contribution in [0.4, 0.5) is 0 Å². The molecule has 0 amide bonds. The van der Waals surface area contributed by atoms with Crippen LogP contribution >= 0.6 is 0 Å². The molecule has 0 aromatic carbocycles. The third-order valence-electron chi connectivity index (χ3n) is 5.45. The molecule has 1 saturated carbocycles. The molecule has 0 saturated heterocycles. The Labute approximate surface area is 144 Å². The van der Waals surface area contributed by atoms with Crippen molar-refractivity contribution in [2.75, 3.05) is 13.6 Å². The van der Waals surface area contributed by atoms with Gasteiger partial charge in [0.25, 0.3) is 0 Å². The van der Waals surface area contributed by atoms with Gasteiger partial charge in [-0.2, -0.15) is 0 Å². The van der Waals surface area contributed by atoms with Crippen LogP contribution in [0.5, 0.6) is 0 Å². The normalized spacial score (nSPS) is 17.4. The number of fused-ring (bicyclic) bond motifs is 1. The average Bonchev–Trinajstić information content (AvgIpc) is 3.23. The summed E-state index contributed by atoms with van der Waals surface area (Å²) >= 11 is 0. The van der Waals surface area contributed by atoms with Crippen molar-refractivity contribution in [3.8, 4) is 0 Å².